The summed E-state index contributed by atoms with van der Waals surface area (Å²) in [4.78, 5) is 14.1. The Morgan fingerprint density at radius 1 is 1.26 bits per heavy atom. The molecule has 2 rings (SSSR count). The van der Waals surface area contributed by atoms with Gasteiger partial charge in [-0.15, -0.1) is 0 Å². The van der Waals surface area contributed by atoms with Crippen molar-refractivity contribution in [2.24, 2.45) is 5.92 Å². The number of β-amino-alcohol motifs (C(OH)–C–C–N with tert-alkyl or cyclic N) is 1. The molecule has 1 aliphatic rings. The van der Waals surface area contributed by atoms with Crippen LogP contribution in [0.4, 0.5) is 5.69 Å². The van der Waals surface area contributed by atoms with Crippen LogP contribution in [0.25, 0.3) is 0 Å². The molecule has 0 bridgehead atoms. The van der Waals surface area contributed by atoms with Crippen molar-refractivity contribution in [3.8, 4) is 0 Å². The minimum Gasteiger partial charge on any atom is -0.387 e. The monoisotopic (exact) mass is 262 g/mol. The van der Waals surface area contributed by atoms with E-state index >= 15 is 0 Å². The van der Waals surface area contributed by atoms with Crippen molar-refractivity contribution < 1.29 is 9.90 Å². The van der Waals surface area contributed by atoms with Crippen LogP contribution in [0.1, 0.15) is 20.8 Å². The van der Waals surface area contributed by atoms with Crippen LogP contribution >= 0.6 is 0 Å². The number of anilines is 1. The number of hydrogen-bond acceptors (Lipinski definition) is 3. The molecule has 1 aromatic carbocycles. The third-order valence-electron chi connectivity index (χ3n) is 4.00. The van der Waals surface area contributed by atoms with Crippen LogP contribution in [-0.2, 0) is 4.79 Å². The highest BCUT2D eigenvalue weighted by Crippen LogP contribution is 2.30. The molecule has 1 atom stereocenters. The van der Waals surface area contributed by atoms with Gasteiger partial charge in [0.25, 0.3) is 0 Å². The van der Waals surface area contributed by atoms with E-state index < -0.39 is 5.60 Å². The first-order chi connectivity index (χ1) is 8.92. The van der Waals surface area contributed by atoms with E-state index in [-0.39, 0.29) is 17.9 Å². The molecular formula is C15H22N2O2. The van der Waals surface area contributed by atoms with E-state index in [1.165, 1.54) is 0 Å². The minimum atomic E-state index is -0.638. The summed E-state index contributed by atoms with van der Waals surface area (Å²) < 4.78 is 0. The standard InChI is InChI=1S/C15H22N2O2/c1-11(2)15(19)9-17(10-15)12(3)14(18)16-13-7-5-4-6-8-13/h4-8,11-12,19H,9-10H2,1-3H3,(H,16,18). The molecular weight excluding hydrogens is 240 g/mol. The second kappa shape index (κ2) is 5.31. The third kappa shape index (κ3) is 2.96. The highest BCUT2D eigenvalue weighted by molar-refractivity contribution is 5.94. The maximum atomic E-state index is 12.1. The van der Waals surface area contributed by atoms with Gasteiger partial charge in [0, 0.05) is 18.8 Å². The molecule has 1 saturated heterocycles. The van der Waals surface area contributed by atoms with Crippen molar-refractivity contribution in [3.63, 3.8) is 0 Å². The summed E-state index contributed by atoms with van der Waals surface area (Å²) >= 11 is 0. The van der Waals surface area contributed by atoms with Crippen LogP contribution in [0, 0.1) is 5.92 Å². The number of nitrogens with zero attached hydrogens (tertiary/aromatic N) is 1. The number of rotatable bonds is 4. The normalized spacial score (nSPS) is 19.8. The lowest BCUT2D eigenvalue weighted by Crippen LogP contribution is -2.68. The Kier molecular flexibility index (Phi) is 3.92. The van der Waals surface area contributed by atoms with E-state index in [1.807, 2.05) is 56.0 Å². The lowest BCUT2D eigenvalue weighted by Gasteiger charge is -2.51. The molecule has 1 aliphatic heterocycles. The van der Waals surface area contributed by atoms with Gasteiger partial charge in [0.1, 0.15) is 0 Å². The van der Waals surface area contributed by atoms with Gasteiger partial charge in [-0.3, -0.25) is 9.69 Å². The summed E-state index contributed by atoms with van der Waals surface area (Å²) in [6, 6.07) is 9.20. The first kappa shape index (κ1) is 14.0. The average molecular weight is 262 g/mol. The fourth-order valence-corrected chi connectivity index (χ4v) is 2.23. The van der Waals surface area contributed by atoms with Crippen LogP contribution in [0.5, 0.6) is 0 Å². The molecule has 1 heterocycles. The highest BCUT2D eigenvalue weighted by atomic mass is 16.3. The molecule has 0 radical (unpaired) electrons. The smallest absolute Gasteiger partial charge is 0.241 e. The van der Waals surface area contributed by atoms with Crippen molar-refractivity contribution in [1.82, 2.24) is 4.90 Å². The van der Waals surface area contributed by atoms with Gasteiger partial charge in [0.05, 0.1) is 11.6 Å². The molecule has 0 aliphatic carbocycles. The molecule has 0 saturated carbocycles. The summed E-state index contributed by atoms with van der Waals surface area (Å²) in [7, 11) is 0. The van der Waals surface area contributed by atoms with Crippen LogP contribution in [0.2, 0.25) is 0 Å². The molecule has 19 heavy (non-hydrogen) atoms. The van der Waals surface area contributed by atoms with E-state index in [0.29, 0.717) is 13.1 Å². The van der Waals surface area contributed by atoms with Crippen LogP contribution in [0.15, 0.2) is 30.3 Å². The van der Waals surface area contributed by atoms with Gasteiger partial charge in [-0.1, -0.05) is 32.0 Å². The van der Waals surface area contributed by atoms with Crippen LogP contribution < -0.4 is 5.32 Å². The average Bonchev–Trinajstić information content (AvgIpc) is 2.35. The first-order valence-electron chi connectivity index (χ1n) is 6.75. The summed E-state index contributed by atoms with van der Waals surface area (Å²) in [5.74, 6) is 0.185. The SMILES string of the molecule is CC(C(=O)Nc1ccccc1)N1CC(O)(C(C)C)C1. The molecule has 1 unspecified atom stereocenters. The maximum absolute atomic E-state index is 12.1. The van der Waals surface area contributed by atoms with Gasteiger partial charge >= 0.3 is 0 Å². The fraction of sp³-hybridized carbons (Fsp3) is 0.533. The van der Waals surface area contributed by atoms with Crippen molar-refractivity contribution in [1.29, 1.82) is 0 Å². The molecule has 4 heteroatoms. The molecule has 4 nitrogen and oxygen atoms in total. The number of aliphatic hydroxyl groups is 1. The molecule has 2 N–H and O–H groups in total. The maximum Gasteiger partial charge on any atom is 0.241 e. The zero-order valence-electron chi connectivity index (χ0n) is 11.8. The van der Waals surface area contributed by atoms with Crippen molar-refractivity contribution in [2.45, 2.75) is 32.4 Å². The summed E-state index contributed by atoms with van der Waals surface area (Å²) in [5, 5.41) is 13.1. The second-order valence-corrected chi connectivity index (χ2v) is 5.69. The van der Waals surface area contributed by atoms with Gasteiger partial charge < -0.3 is 10.4 Å². The third-order valence-corrected chi connectivity index (χ3v) is 4.00. The number of carbonyl (C=O) groups is 1. The van der Waals surface area contributed by atoms with Crippen LogP contribution in [-0.4, -0.2) is 40.6 Å². The van der Waals surface area contributed by atoms with Crippen LogP contribution in [0.3, 0.4) is 0 Å². The largest absolute Gasteiger partial charge is 0.387 e. The van der Waals surface area contributed by atoms with Crippen molar-refractivity contribution in [2.75, 3.05) is 18.4 Å². The molecule has 0 aromatic heterocycles. The summed E-state index contributed by atoms with van der Waals surface area (Å²) in [6.45, 7) is 7.01. The molecule has 1 amide bonds. The Labute approximate surface area is 114 Å². The number of likely N-dealkylation sites (tertiary alicyclic amines) is 1. The quantitative estimate of drug-likeness (QED) is 0.868. The van der Waals surface area contributed by atoms with Gasteiger partial charge in [0.15, 0.2) is 0 Å². The lowest BCUT2D eigenvalue weighted by molar-refractivity contribution is -0.150. The second-order valence-electron chi connectivity index (χ2n) is 5.69. The zero-order valence-corrected chi connectivity index (χ0v) is 11.8. The number of hydrogen-bond donors (Lipinski definition) is 2. The van der Waals surface area contributed by atoms with Crippen molar-refractivity contribution in [3.05, 3.63) is 30.3 Å². The predicted molar refractivity (Wildman–Crippen MR) is 75.9 cm³/mol. The Bertz CT molecular complexity index is 439. The van der Waals surface area contributed by atoms with E-state index in [1.54, 1.807) is 0 Å². The number of para-hydroxylation sites is 1. The van der Waals surface area contributed by atoms with E-state index in [0.717, 1.165) is 5.69 Å². The minimum absolute atomic E-state index is 0.0305. The number of carbonyl (C=O) groups excluding carboxylic acids is 1. The van der Waals surface area contributed by atoms with Crippen molar-refractivity contribution >= 4 is 11.6 Å². The van der Waals surface area contributed by atoms with Gasteiger partial charge in [-0.05, 0) is 25.0 Å². The number of benzene rings is 1. The zero-order chi connectivity index (χ0) is 14.0. The topological polar surface area (TPSA) is 52.6 Å². The Hall–Kier alpha value is -1.39. The number of nitrogens with one attached hydrogen (secondary N) is 1. The Morgan fingerprint density at radius 2 is 1.84 bits per heavy atom. The molecule has 1 fully saturated rings. The van der Waals surface area contributed by atoms with E-state index in [9.17, 15) is 9.90 Å². The summed E-state index contributed by atoms with van der Waals surface area (Å²) in [5.41, 5.74) is 0.167. The van der Waals surface area contributed by atoms with E-state index in [2.05, 4.69) is 5.32 Å². The van der Waals surface area contributed by atoms with Gasteiger partial charge in [-0.25, -0.2) is 0 Å². The van der Waals surface area contributed by atoms with Gasteiger partial charge in [-0.2, -0.15) is 0 Å². The Morgan fingerprint density at radius 3 is 2.37 bits per heavy atom. The Balaban J connectivity index is 1.88. The highest BCUT2D eigenvalue weighted by Gasteiger charge is 2.46. The van der Waals surface area contributed by atoms with E-state index in [4.69, 9.17) is 0 Å². The molecule has 104 valence electrons. The lowest BCUT2D eigenvalue weighted by atomic mass is 9.82. The summed E-state index contributed by atoms with van der Waals surface area (Å²) in [6.07, 6.45) is 0. The molecule has 1 aromatic rings. The first-order valence-corrected chi connectivity index (χ1v) is 6.75. The van der Waals surface area contributed by atoms with Gasteiger partial charge in [0.2, 0.25) is 5.91 Å². The molecule has 0 spiro atoms. The fourth-order valence-electron chi connectivity index (χ4n) is 2.23. The predicted octanol–water partition coefficient (Wildman–Crippen LogP) is 1.72. The number of amides is 1.